The Hall–Kier alpha value is -1.15. The molecule has 0 aromatic heterocycles. The monoisotopic (exact) mass is 312 g/mol. The third-order valence-corrected chi connectivity index (χ3v) is 5.62. The number of rotatable bonds is 6. The fourth-order valence-electron chi connectivity index (χ4n) is 2.35. The first-order chi connectivity index (χ1) is 9.84. The first-order valence-electron chi connectivity index (χ1n) is 7.03. The van der Waals surface area contributed by atoms with Gasteiger partial charge in [-0.2, -0.15) is 17.0 Å². The molecule has 0 saturated carbocycles. The first-order valence-corrected chi connectivity index (χ1v) is 8.42. The Morgan fingerprint density at radius 3 is 2.57 bits per heavy atom. The summed E-state index contributed by atoms with van der Waals surface area (Å²) in [7, 11) is 1.76. The van der Waals surface area contributed by atoms with Gasteiger partial charge in [-0.3, -0.25) is 0 Å². The van der Waals surface area contributed by atoms with Gasteiger partial charge in [-0.15, -0.1) is 0 Å². The van der Waals surface area contributed by atoms with Crippen molar-refractivity contribution in [3.63, 3.8) is 0 Å². The van der Waals surface area contributed by atoms with E-state index in [4.69, 9.17) is 0 Å². The average molecular weight is 312 g/mol. The molecule has 7 heteroatoms. The van der Waals surface area contributed by atoms with Gasteiger partial charge in [0.25, 0.3) is 10.2 Å². The second kappa shape index (κ2) is 6.31. The molecule has 1 heterocycles. The lowest BCUT2D eigenvalue weighted by atomic mass is 10.1. The molecule has 1 saturated heterocycles. The molecule has 1 fully saturated rings. The second-order valence-corrected chi connectivity index (χ2v) is 7.74. The van der Waals surface area contributed by atoms with Crippen LogP contribution >= 0.6 is 0 Å². The van der Waals surface area contributed by atoms with E-state index < -0.39 is 10.2 Å². The van der Waals surface area contributed by atoms with Crippen molar-refractivity contribution in [3.05, 3.63) is 29.3 Å². The highest BCUT2D eigenvalue weighted by Gasteiger charge is 2.36. The van der Waals surface area contributed by atoms with Crippen LogP contribution in [0.5, 0.6) is 0 Å². The molecule has 6 nitrogen and oxygen atoms in total. The molecule has 118 valence electrons. The van der Waals surface area contributed by atoms with Gasteiger partial charge in [0.15, 0.2) is 0 Å². The number of hydrogen-bond acceptors (Lipinski definition) is 4. The highest BCUT2D eigenvalue weighted by atomic mass is 32.2. The Bertz CT molecular complexity index is 595. The molecule has 2 N–H and O–H groups in total. The number of anilines is 1. The van der Waals surface area contributed by atoms with E-state index in [0.29, 0.717) is 13.1 Å². The third-order valence-electron chi connectivity index (χ3n) is 3.75. The number of aryl methyl sites for hydroxylation is 1. The number of nitrogens with zero attached hydrogens (tertiary/aromatic N) is 2. The van der Waals surface area contributed by atoms with Crippen LogP contribution < -0.4 is 10.6 Å². The van der Waals surface area contributed by atoms with Crippen LogP contribution in [0, 0.1) is 6.92 Å². The Labute approximate surface area is 127 Å². The van der Waals surface area contributed by atoms with E-state index in [1.54, 1.807) is 14.1 Å². The number of nitrogens with one attached hydrogen (secondary N) is 2. The normalized spacial score (nSPS) is 17.0. The average Bonchev–Trinajstić information content (AvgIpc) is 2.36. The zero-order valence-corrected chi connectivity index (χ0v) is 13.9. The minimum atomic E-state index is -3.26. The van der Waals surface area contributed by atoms with Crippen LogP contribution in [0.1, 0.15) is 11.1 Å². The van der Waals surface area contributed by atoms with Crippen LogP contribution in [0.4, 0.5) is 5.69 Å². The Morgan fingerprint density at radius 2 is 2.00 bits per heavy atom. The third kappa shape index (κ3) is 3.55. The predicted molar refractivity (Wildman–Crippen MR) is 85.5 cm³/mol. The summed E-state index contributed by atoms with van der Waals surface area (Å²) in [5.74, 6) is 0. The topological polar surface area (TPSA) is 64.7 Å². The van der Waals surface area contributed by atoms with Gasteiger partial charge in [0.05, 0.1) is 0 Å². The van der Waals surface area contributed by atoms with Crippen molar-refractivity contribution in [1.29, 1.82) is 0 Å². The zero-order chi connectivity index (χ0) is 15.6. The maximum Gasteiger partial charge on any atom is 0.281 e. The molecule has 1 aliphatic rings. The molecule has 21 heavy (non-hydrogen) atoms. The van der Waals surface area contributed by atoms with Crippen molar-refractivity contribution in [2.45, 2.75) is 19.5 Å². The molecule has 1 aliphatic heterocycles. The fourth-order valence-corrected chi connectivity index (χ4v) is 3.55. The molecule has 0 aliphatic carbocycles. The summed E-state index contributed by atoms with van der Waals surface area (Å²) in [6.07, 6.45) is 0. The molecule has 0 atom stereocenters. The summed E-state index contributed by atoms with van der Waals surface area (Å²) in [4.78, 5) is 0. The van der Waals surface area contributed by atoms with Crippen molar-refractivity contribution < 1.29 is 8.42 Å². The van der Waals surface area contributed by atoms with E-state index in [1.807, 2.05) is 7.05 Å². The quantitative estimate of drug-likeness (QED) is 0.808. The van der Waals surface area contributed by atoms with E-state index in [-0.39, 0.29) is 6.04 Å². The van der Waals surface area contributed by atoms with Crippen molar-refractivity contribution in [1.82, 2.24) is 13.9 Å². The van der Waals surface area contributed by atoms with Gasteiger partial charge in [0.2, 0.25) is 0 Å². The maximum absolute atomic E-state index is 11.9. The lowest BCUT2D eigenvalue weighted by Gasteiger charge is -2.39. The molecule has 2 rings (SSSR count). The molecule has 0 radical (unpaired) electrons. The Morgan fingerprint density at radius 1 is 1.33 bits per heavy atom. The van der Waals surface area contributed by atoms with E-state index in [0.717, 1.165) is 12.2 Å². The van der Waals surface area contributed by atoms with Crippen molar-refractivity contribution >= 4 is 15.9 Å². The summed E-state index contributed by atoms with van der Waals surface area (Å²) in [6.45, 7) is 3.86. The SMILES string of the molecule is CNc1ccc(C)cc1CNC1CN(S(=O)(=O)N(C)C)C1. The first kappa shape index (κ1) is 16.2. The summed E-state index contributed by atoms with van der Waals surface area (Å²) >= 11 is 0. The number of hydrogen-bond donors (Lipinski definition) is 2. The largest absolute Gasteiger partial charge is 0.388 e. The Balaban J connectivity index is 1.88. The molecule has 1 aromatic carbocycles. The maximum atomic E-state index is 11.9. The molecule has 1 aromatic rings. The lowest BCUT2D eigenvalue weighted by molar-refractivity contribution is 0.215. The molecule has 0 amide bonds. The standard InChI is InChI=1S/C14H24N4O2S/c1-11-5-6-14(15-2)12(7-11)8-16-13-9-18(10-13)21(19,20)17(3)4/h5-7,13,15-16H,8-10H2,1-4H3. The van der Waals surface area contributed by atoms with Crippen LogP contribution in [-0.4, -0.2) is 57.3 Å². The molecular formula is C14H24N4O2S. The highest BCUT2D eigenvalue weighted by molar-refractivity contribution is 7.86. The minimum Gasteiger partial charge on any atom is -0.388 e. The zero-order valence-electron chi connectivity index (χ0n) is 13.0. The van der Waals surface area contributed by atoms with Gasteiger partial charge in [0.1, 0.15) is 0 Å². The van der Waals surface area contributed by atoms with Crippen LogP contribution in [0.3, 0.4) is 0 Å². The van der Waals surface area contributed by atoms with Crippen molar-refractivity contribution in [3.8, 4) is 0 Å². The Kier molecular flexibility index (Phi) is 4.88. The van der Waals surface area contributed by atoms with Gasteiger partial charge in [-0.25, -0.2) is 0 Å². The van der Waals surface area contributed by atoms with E-state index in [1.165, 1.54) is 19.7 Å². The summed E-state index contributed by atoms with van der Waals surface area (Å²) < 4.78 is 26.5. The van der Waals surface area contributed by atoms with Crippen LogP contribution in [0.2, 0.25) is 0 Å². The molecular weight excluding hydrogens is 288 g/mol. The van der Waals surface area contributed by atoms with Gasteiger partial charge in [-0.05, 0) is 18.6 Å². The van der Waals surface area contributed by atoms with Crippen molar-refractivity contribution in [2.24, 2.45) is 0 Å². The second-order valence-electron chi connectivity index (χ2n) is 5.60. The number of benzene rings is 1. The molecule has 0 unspecified atom stereocenters. The summed E-state index contributed by atoms with van der Waals surface area (Å²) in [6, 6.07) is 6.50. The smallest absolute Gasteiger partial charge is 0.281 e. The summed E-state index contributed by atoms with van der Waals surface area (Å²) in [5, 5.41) is 6.59. The minimum absolute atomic E-state index is 0.213. The van der Waals surface area contributed by atoms with Gasteiger partial charge in [-0.1, -0.05) is 17.7 Å². The van der Waals surface area contributed by atoms with Gasteiger partial charge in [0, 0.05) is 52.5 Å². The van der Waals surface area contributed by atoms with Crippen LogP contribution in [0.25, 0.3) is 0 Å². The van der Waals surface area contributed by atoms with Gasteiger partial charge < -0.3 is 10.6 Å². The van der Waals surface area contributed by atoms with Crippen LogP contribution in [-0.2, 0) is 16.8 Å². The summed E-state index contributed by atoms with van der Waals surface area (Å²) in [5.41, 5.74) is 3.52. The highest BCUT2D eigenvalue weighted by Crippen LogP contribution is 2.19. The van der Waals surface area contributed by atoms with Crippen molar-refractivity contribution in [2.75, 3.05) is 39.5 Å². The predicted octanol–water partition coefficient (Wildman–Crippen LogP) is 0.617. The van der Waals surface area contributed by atoms with E-state index in [9.17, 15) is 8.42 Å². The van der Waals surface area contributed by atoms with Gasteiger partial charge >= 0.3 is 0 Å². The molecule has 0 bridgehead atoms. The lowest BCUT2D eigenvalue weighted by Crippen LogP contribution is -2.61. The van der Waals surface area contributed by atoms with E-state index >= 15 is 0 Å². The van der Waals surface area contributed by atoms with E-state index in [2.05, 4.69) is 35.8 Å². The molecule has 0 spiro atoms. The fraction of sp³-hybridized carbons (Fsp3) is 0.571. The van der Waals surface area contributed by atoms with Crippen LogP contribution in [0.15, 0.2) is 18.2 Å².